The van der Waals surface area contributed by atoms with Crippen LogP contribution in [0.4, 0.5) is 13.2 Å². The maximum atomic E-state index is 13.6. The van der Waals surface area contributed by atoms with Gasteiger partial charge in [0.05, 0.1) is 30.1 Å². The van der Waals surface area contributed by atoms with Crippen molar-refractivity contribution in [2.75, 3.05) is 0 Å². The summed E-state index contributed by atoms with van der Waals surface area (Å²) in [6.07, 6.45) is -3.12. The lowest BCUT2D eigenvalue weighted by atomic mass is 10.2. The Morgan fingerprint density at radius 3 is 2.51 bits per heavy atom. The van der Waals surface area contributed by atoms with E-state index in [0.29, 0.717) is 11.9 Å². The molecule has 1 N–H and O–H groups in total. The molecule has 176 valence electrons. The van der Waals surface area contributed by atoms with Gasteiger partial charge in [0.15, 0.2) is 5.69 Å². The second-order valence-electron chi connectivity index (χ2n) is 7.19. The predicted octanol–water partition coefficient (Wildman–Crippen LogP) is 4.38. The average Bonchev–Trinajstić information content (AvgIpc) is 2.82. The van der Waals surface area contributed by atoms with Crippen LogP contribution in [0.3, 0.4) is 0 Å². The molecule has 0 spiro atoms. The molecule has 35 heavy (non-hydrogen) atoms. The molecule has 0 aliphatic carbocycles. The summed E-state index contributed by atoms with van der Waals surface area (Å²) < 4.78 is 46.7. The first-order chi connectivity index (χ1) is 16.7. The van der Waals surface area contributed by atoms with Crippen molar-refractivity contribution in [3.8, 4) is 29.0 Å². The Morgan fingerprint density at radius 2 is 1.86 bits per heavy atom. The Hall–Kier alpha value is -4.43. The molecule has 0 saturated heterocycles. The molecule has 2 aromatic carbocycles. The predicted molar refractivity (Wildman–Crippen MR) is 119 cm³/mol. The summed E-state index contributed by atoms with van der Waals surface area (Å²) in [6, 6.07) is 14.1. The molecule has 0 aliphatic rings. The fourth-order valence-corrected chi connectivity index (χ4v) is 3.37. The van der Waals surface area contributed by atoms with E-state index >= 15 is 0 Å². The first kappa shape index (κ1) is 23.7. The van der Waals surface area contributed by atoms with Crippen LogP contribution in [0.2, 0.25) is 5.02 Å². The maximum absolute atomic E-state index is 13.6. The minimum Gasteiger partial charge on any atom is -0.449 e. The van der Waals surface area contributed by atoms with Crippen LogP contribution in [-0.2, 0) is 12.7 Å². The summed E-state index contributed by atoms with van der Waals surface area (Å²) in [5.41, 5.74) is -2.67. The number of rotatable bonds is 5. The van der Waals surface area contributed by atoms with Gasteiger partial charge in [-0.1, -0.05) is 41.9 Å². The van der Waals surface area contributed by atoms with Gasteiger partial charge in [-0.2, -0.15) is 18.4 Å². The molecule has 12 heteroatoms. The average molecular weight is 500 g/mol. The number of hydrogen-bond donors (Lipinski definition) is 1. The minimum absolute atomic E-state index is 0.00816. The number of H-pyrrole nitrogens is 1. The molecule has 4 aromatic rings. The molecule has 4 rings (SSSR count). The Balaban J connectivity index is 1.74. The Labute approximate surface area is 199 Å². The van der Waals surface area contributed by atoms with Gasteiger partial charge in [-0.15, -0.1) is 0 Å². The number of nitrogens with one attached hydrogen (secondary N) is 1. The molecule has 0 saturated carbocycles. The van der Waals surface area contributed by atoms with E-state index in [2.05, 4.69) is 15.0 Å². The third-order valence-electron chi connectivity index (χ3n) is 4.75. The number of nitriles is 1. The number of benzene rings is 2. The molecule has 0 atom stereocenters. The molecule has 0 unspecified atom stereocenters. The van der Waals surface area contributed by atoms with Gasteiger partial charge in [-0.25, -0.2) is 9.97 Å². The standard InChI is InChI=1S/C23H13ClF3N5O3/c24-16-6-13(9-28)7-17(8-16)35-18-19(23(25,26)27)30-12-32(22(18)34)11-15-10-29-20(31-21(15)33)14-4-2-1-3-5-14/h1-8,10,12H,11H2,(H,29,31,33). The van der Waals surface area contributed by atoms with E-state index in [9.17, 15) is 22.8 Å². The van der Waals surface area contributed by atoms with Gasteiger partial charge < -0.3 is 9.72 Å². The second-order valence-corrected chi connectivity index (χ2v) is 7.63. The first-order valence-electron chi connectivity index (χ1n) is 9.84. The number of halogens is 4. The number of alkyl halides is 3. The lowest BCUT2D eigenvalue weighted by Gasteiger charge is -2.15. The van der Waals surface area contributed by atoms with Crippen LogP contribution in [0.1, 0.15) is 16.8 Å². The highest BCUT2D eigenvalue weighted by Crippen LogP contribution is 2.35. The summed E-state index contributed by atoms with van der Waals surface area (Å²) in [5.74, 6) is -1.10. The summed E-state index contributed by atoms with van der Waals surface area (Å²) in [4.78, 5) is 35.6. The van der Waals surface area contributed by atoms with Gasteiger partial charge in [-0.3, -0.25) is 14.2 Å². The van der Waals surface area contributed by atoms with Crippen molar-refractivity contribution in [3.63, 3.8) is 0 Å². The fourth-order valence-electron chi connectivity index (χ4n) is 3.14. The summed E-state index contributed by atoms with van der Waals surface area (Å²) in [7, 11) is 0. The Morgan fingerprint density at radius 1 is 1.11 bits per heavy atom. The molecule has 0 radical (unpaired) electrons. The van der Waals surface area contributed by atoms with Gasteiger partial charge in [0, 0.05) is 16.8 Å². The number of aromatic nitrogens is 4. The van der Waals surface area contributed by atoms with Crippen molar-refractivity contribution in [2.24, 2.45) is 0 Å². The van der Waals surface area contributed by atoms with Crippen molar-refractivity contribution < 1.29 is 17.9 Å². The minimum atomic E-state index is -5.01. The van der Waals surface area contributed by atoms with E-state index < -0.39 is 35.3 Å². The monoisotopic (exact) mass is 499 g/mol. The largest absolute Gasteiger partial charge is 0.449 e. The molecule has 0 fully saturated rings. The molecule has 8 nitrogen and oxygen atoms in total. The van der Waals surface area contributed by atoms with Crippen molar-refractivity contribution in [1.82, 2.24) is 19.5 Å². The molecule has 0 aliphatic heterocycles. The van der Waals surface area contributed by atoms with Crippen LogP contribution in [0.15, 0.2) is 70.6 Å². The molecular formula is C23H13ClF3N5O3. The van der Waals surface area contributed by atoms with Crippen LogP contribution in [0, 0.1) is 11.3 Å². The van der Waals surface area contributed by atoms with Crippen LogP contribution in [0.5, 0.6) is 11.5 Å². The van der Waals surface area contributed by atoms with Gasteiger partial charge in [0.2, 0.25) is 5.75 Å². The van der Waals surface area contributed by atoms with E-state index in [1.54, 1.807) is 36.4 Å². The van der Waals surface area contributed by atoms with Gasteiger partial charge in [0.25, 0.3) is 11.1 Å². The zero-order chi connectivity index (χ0) is 25.2. The van der Waals surface area contributed by atoms with Crippen LogP contribution < -0.4 is 15.9 Å². The first-order valence-corrected chi connectivity index (χ1v) is 10.2. The van der Waals surface area contributed by atoms with Gasteiger partial charge >= 0.3 is 6.18 Å². The summed E-state index contributed by atoms with van der Waals surface area (Å²) in [6.45, 7) is -0.420. The highest BCUT2D eigenvalue weighted by molar-refractivity contribution is 6.30. The molecule has 0 bridgehead atoms. The Kier molecular flexibility index (Phi) is 6.40. The zero-order valence-electron chi connectivity index (χ0n) is 17.5. The van der Waals surface area contributed by atoms with Crippen LogP contribution in [0.25, 0.3) is 11.4 Å². The number of aromatic amines is 1. The normalized spacial score (nSPS) is 11.2. The third-order valence-corrected chi connectivity index (χ3v) is 4.96. The van der Waals surface area contributed by atoms with E-state index in [-0.39, 0.29) is 27.7 Å². The van der Waals surface area contributed by atoms with Crippen molar-refractivity contribution in [2.45, 2.75) is 12.7 Å². The fraction of sp³-hybridized carbons (Fsp3) is 0.0870. The topological polar surface area (TPSA) is 114 Å². The summed E-state index contributed by atoms with van der Waals surface area (Å²) in [5, 5.41) is 9.08. The quantitative estimate of drug-likeness (QED) is 0.436. The lowest BCUT2D eigenvalue weighted by Crippen LogP contribution is -2.28. The maximum Gasteiger partial charge on any atom is 0.437 e. The van der Waals surface area contributed by atoms with Crippen molar-refractivity contribution in [1.29, 1.82) is 5.26 Å². The van der Waals surface area contributed by atoms with E-state index in [1.165, 1.54) is 12.3 Å². The van der Waals surface area contributed by atoms with Crippen LogP contribution in [-0.4, -0.2) is 19.5 Å². The van der Waals surface area contributed by atoms with Crippen molar-refractivity contribution >= 4 is 11.6 Å². The molecule has 2 heterocycles. The van der Waals surface area contributed by atoms with E-state index in [0.717, 1.165) is 16.7 Å². The lowest BCUT2D eigenvalue weighted by molar-refractivity contribution is -0.142. The molecule has 2 aromatic heterocycles. The van der Waals surface area contributed by atoms with E-state index in [1.807, 2.05) is 0 Å². The molecule has 0 amide bonds. The summed E-state index contributed by atoms with van der Waals surface area (Å²) >= 11 is 5.88. The van der Waals surface area contributed by atoms with Gasteiger partial charge in [-0.05, 0) is 18.2 Å². The van der Waals surface area contributed by atoms with Crippen LogP contribution >= 0.6 is 11.6 Å². The SMILES string of the molecule is N#Cc1cc(Cl)cc(Oc2c(C(F)(F)F)ncn(Cc3cnc(-c4ccccc4)[nH]c3=O)c2=O)c1. The smallest absolute Gasteiger partial charge is 0.437 e. The molecular weight excluding hydrogens is 487 g/mol. The Bertz CT molecular complexity index is 1560. The number of hydrogen-bond acceptors (Lipinski definition) is 6. The van der Waals surface area contributed by atoms with Gasteiger partial charge in [0.1, 0.15) is 11.6 Å². The third kappa shape index (κ3) is 5.23. The highest BCUT2D eigenvalue weighted by Gasteiger charge is 2.38. The van der Waals surface area contributed by atoms with Crippen molar-refractivity contribution in [3.05, 3.63) is 104 Å². The zero-order valence-corrected chi connectivity index (χ0v) is 18.3. The number of ether oxygens (including phenoxy) is 1. The number of nitrogens with zero attached hydrogens (tertiary/aromatic N) is 4. The second kappa shape index (κ2) is 9.44. The van der Waals surface area contributed by atoms with E-state index in [4.69, 9.17) is 21.6 Å². The highest BCUT2D eigenvalue weighted by atomic mass is 35.5.